The van der Waals surface area contributed by atoms with Crippen LogP contribution in [0.15, 0.2) is 36.7 Å². The molecule has 1 N–H and O–H groups in total. The third-order valence-corrected chi connectivity index (χ3v) is 3.85. The summed E-state index contributed by atoms with van der Waals surface area (Å²) in [5.74, 6) is 1.32. The SMILES string of the molecule is COCC(=O)Cc1cc(Oc2ccc(C)c3[nH]ncc23)ccn1.COCC(=O)Cl.[CH3-].[Pt]. The number of fused-ring (bicyclic) bond motifs is 1. The maximum absolute atomic E-state index is 11.6. The number of aryl methyl sites for hydroxylation is 1. The van der Waals surface area contributed by atoms with E-state index in [0.29, 0.717) is 17.2 Å². The summed E-state index contributed by atoms with van der Waals surface area (Å²) in [6.07, 6.45) is 3.59. The van der Waals surface area contributed by atoms with E-state index in [1.807, 2.05) is 19.1 Å². The fourth-order valence-corrected chi connectivity index (χ4v) is 2.62. The molecule has 0 fully saturated rings. The molecule has 0 aliphatic rings. The van der Waals surface area contributed by atoms with Crippen LogP contribution in [-0.4, -0.2) is 53.6 Å². The largest absolute Gasteiger partial charge is 0.456 e. The van der Waals surface area contributed by atoms with Gasteiger partial charge in [-0.3, -0.25) is 19.7 Å². The minimum absolute atomic E-state index is 0. The Balaban J connectivity index is 0.000000997. The molecule has 2 heterocycles. The van der Waals surface area contributed by atoms with Gasteiger partial charge in [0.1, 0.15) is 24.7 Å². The molecule has 0 radical (unpaired) electrons. The molecule has 0 aliphatic heterocycles. The standard InChI is InChI=1S/C17H17N3O3.C3H5ClO2.CH3.Pt/c1-11-3-4-16(15-9-19-20-17(11)15)23-14-5-6-18-12(8-14)7-13(21)10-22-2;1-6-2-3(4)5;;/h3-6,8-9H,7,10H2,1-2H3,(H,19,20);2H2,1H3;1H3;/q;;-1;. The summed E-state index contributed by atoms with van der Waals surface area (Å²) in [7, 11) is 2.92. The molecule has 2 aromatic heterocycles. The van der Waals surface area contributed by atoms with E-state index in [-0.39, 0.29) is 53.9 Å². The summed E-state index contributed by atoms with van der Waals surface area (Å²) in [5, 5.41) is 7.49. The predicted octanol–water partition coefficient (Wildman–Crippen LogP) is 3.66. The second kappa shape index (κ2) is 14.8. The molecule has 0 atom stereocenters. The number of aromatic amines is 1. The minimum atomic E-state index is -0.461. The quantitative estimate of drug-likeness (QED) is 0.300. The van der Waals surface area contributed by atoms with Gasteiger partial charge in [0.05, 0.1) is 29.2 Å². The number of ether oxygens (including phenoxy) is 3. The van der Waals surface area contributed by atoms with Crippen molar-refractivity contribution < 1.29 is 44.9 Å². The number of hydrogen-bond acceptors (Lipinski definition) is 7. The monoisotopic (exact) mass is 629 g/mol. The number of carbonyl (C=O) groups excluding carboxylic acids is 2. The molecule has 3 rings (SSSR count). The summed E-state index contributed by atoms with van der Waals surface area (Å²) in [6.45, 7) is 2.10. The number of nitrogens with zero attached hydrogens (tertiary/aromatic N) is 2. The predicted molar refractivity (Wildman–Crippen MR) is 115 cm³/mol. The van der Waals surface area contributed by atoms with Crippen LogP contribution in [0.3, 0.4) is 0 Å². The van der Waals surface area contributed by atoms with E-state index in [2.05, 4.69) is 19.9 Å². The number of hydrogen-bond donors (Lipinski definition) is 1. The summed E-state index contributed by atoms with van der Waals surface area (Å²) < 4.78 is 15.1. The van der Waals surface area contributed by atoms with Crippen LogP contribution in [0, 0.1) is 14.4 Å². The second-order valence-corrected chi connectivity index (χ2v) is 6.48. The first-order valence-electron chi connectivity index (χ1n) is 8.68. The molecule has 1 aromatic carbocycles. The fourth-order valence-electron chi connectivity index (χ4n) is 2.51. The van der Waals surface area contributed by atoms with Gasteiger partial charge < -0.3 is 21.6 Å². The number of methoxy groups -OCH3 is 2. The third kappa shape index (κ3) is 9.27. The molecule has 8 nitrogen and oxygen atoms in total. The van der Waals surface area contributed by atoms with Gasteiger partial charge in [0, 0.05) is 47.5 Å². The number of carbonyl (C=O) groups is 2. The van der Waals surface area contributed by atoms with Crippen molar-refractivity contribution in [1.29, 1.82) is 0 Å². The minimum Gasteiger partial charge on any atom is -0.456 e. The number of aromatic nitrogens is 3. The van der Waals surface area contributed by atoms with E-state index in [0.717, 1.165) is 16.5 Å². The van der Waals surface area contributed by atoms with Crippen molar-refractivity contribution in [2.45, 2.75) is 13.3 Å². The molecule has 0 saturated heterocycles. The van der Waals surface area contributed by atoms with Crippen LogP contribution in [0.1, 0.15) is 11.3 Å². The van der Waals surface area contributed by atoms with Gasteiger partial charge in [0.15, 0.2) is 5.78 Å². The number of pyridine rings is 1. The number of ketones is 1. The maximum Gasteiger partial charge on any atom is 0.247 e. The van der Waals surface area contributed by atoms with Crippen LogP contribution >= 0.6 is 11.6 Å². The number of rotatable bonds is 8. The van der Waals surface area contributed by atoms with Crippen LogP contribution in [0.2, 0.25) is 0 Å². The van der Waals surface area contributed by atoms with E-state index in [9.17, 15) is 9.59 Å². The molecule has 0 aliphatic carbocycles. The van der Waals surface area contributed by atoms with Gasteiger partial charge in [-0.1, -0.05) is 6.07 Å². The topological polar surface area (TPSA) is 103 Å². The van der Waals surface area contributed by atoms with Crippen molar-refractivity contribution >= 4 is 33.5 Å². The van der Waals surface area contributed by atoms with Crippen LogP contribution in [0.5, 0.6) is 11.5 Å². The first kappa shape index (κ1) is 28.9. The van der Waals surface area contributed by atoms with Crippen molar-refractivity contribution in [2.24, 2.45) is 0 Å². The summed E-state index contributed by atoms with van der Waals surface area (Å²) >= 11 is 4.81. The molecule has 0 saturated carbocycles. The van der Waals surface area contributed by atoms with Gasteiger partial charge in [0.2, 0.25) is 5.24 Å². The molecule has 0 spiro atoms. The first-order chi connectivity index (χ1) is 13.9. The summed E-state index contributed by atoms with van der Waals surface area (Å²) in [4.78, 5) is 25.5. The van der Waals surface area contributed by atoms with E-state index in [1.165, 1.54) is 14.2 Å². The zero-order chi connectivity index (χ0) is 21.2. The smallest absolute Gasteiger partial charge is 0.247 e. The number of nitrogens with one attached hydrogen (secondary N) is 1. The van der Waals surface area contributed by atoms with E-state index in [1.54, 1.807) is 24.5 Å². The normalized spacial score (nSPS) is 9.68. The molecule has 172 valence electrons. The first-order valence-corrected chi connectivity index (χ1v) is 9.05. The Morgan fingerprint density at radius 1 is 1.13 bits per heavy atom. The average molecular weight is 630 g/mol. The Hall–Kier alpha value is -2.12. The molecule has 31 heavy (non-hydrogen) atoms. The third-order valence-electron chi connectivity index (χ3n) is 3.74. The summed E-state index contributed by atoms with van der Waals surface area (Å²) in [6, 6.07) is 7.40. The molecule has 10 heteroatoms. The molecule has 0 bridgehead atoms. The zero-order valence-corrected chi connectivity index (χ0v) is 20.7. The van der Waals surface area contributed by atoms with Crippen molar-refractivity contribution in [2.75, 3.05) is 27.4 Å². The number of benzene rings is 1. The van der Waals surface area contributed by atoms with Crippen molar-refractivity contribution in [3.8, 4) is 11.5 Å². The van der Waals surface area contributed by atoms with Gasteiger partial charge in [0.25, 0.3) is 0 Å². The van der Waals surface area contributed by atoms with Crippen LogP contribution < -0.4 is 4.74 Å². The van der Waals surface area contributed by atoms with E-state index in [4.69, 9.17) is 21.1 Å². The Kier molecular flexibility index (Phi) is 13.8. The van der Waals surface area contributed by atoms with Crippen molar-refractivity contribution in [3.05, 3.63) is 55.3 Å². The van der Waals surface area contributed by atoms with E-state index < -0.39 is 5.24 Å². The van der Waals surface area contributed by atoms with Gasteiger partial charge in [-0.15, -0.1) is 0 Å². The van der Waals surface area contributed by atoms with Crippen LogP contribution in [0.4, 0.5) is 0 Å². The van der Waals surface area contributed by atoms with Gasteiger partial charge in [-0.05, 0) is 36.2 Å². The molecular weight excluding hydrogens is 605 g/mol. The van der Waals surface area contributed by atoms with Gasteiger partial charge in [-0.2, -0.15) is 5.10 Å². The zero-order valence-electron chi connectivity index (χ0n) is 17.7. The van der Waals surface area contributed by atoms with Crippen molar-refractivity contribution in [1.82, 2.24) is 15.2 Å². The van der Waals surface area contributed by atoms with Crippen LogP contribution in [-0.2, 0) is 46.5 Å². The van der Waals surface area contributed by atoms with Crippen LogP contribution in [0.25, 0.3) is 10.9 Å². The summed E-state index contributed by atoms with van der Waals surface area (Å²) in [5.41, 5.74) is 2.71. The molecular formula is C21H25ClN3O5Pt-. The number of H-pyrrole nitrogens is 1. The van der Waals surface area contributed by atoms with Crippen molar-refractivity contribution in [3.63, 3.8) is 0 Å². The Bertz CT molecular complexity index is 981. The Labute approximate surface area is 200 Å². The Morgan fingerprint density at radius 2 is 1.84 bits per heavy atom. The fraction of sp³-hybridized carbons (Fsp3) is 0.286. The second-order valence-electron chi connectivity index (χ2n) is 6.06. The average Bonchev–Trinajstić information content (AvgIpc) is 3.16. The number of Topliss-reactive ketones (excluding diaryl/α,β-unsaturated/α-hetero) is 1. The molecule has 3 aromatic rings. The van der Waals surface area contributed by atoms with E-state index >= 15 is 0 Å². The molecule has 0 unspecified atom stereocenters. The maximum atomic E-state index is 11.6. The van der Waals surface area contributed by atoms with Gasteiger partial charge >= 0.3 is 0 Å². The molecule has 0 amide bonds. The Morgan fingerprint density at radius 3 is 2.45 bits per heavy atom. The van der Waals surface area contributed by atoms with Gasteiger partial charge in [-0.25, -0.2) is 0 Å². The number of halogens is 1.